The van der Waals surface area contributed by atoms with Crippen molar-refractivity contribution < 1.29 is 15.0 Å². The van der Waals surface area contributed by atoms with E-state index in [2.05, 4.69) is 10.6 Å². The molecule has 2 aliphatic rings. The number of carbonyl (C=O) groups is 1. The molecule has 1 aromatic carbocycles. The number of rotatable bonds is 2. The Kier molecular flexibility index (Phi) is 3.06. The molecule has 0 aromatic heterocycles. The maximum Gasteiger partial charge on any atom is 0.251 e. The van der Waals surface area contributed by atoms with Gasteiger partial charge in [-0.1, -0.05) is 0 Å². The molecule has 2 aliphatic heterocycles. The quantitative estimate of drug-likeness (QED) is 0.602. The molecule has 4 N–H and O–H groups in total. The second-order valence-electron chi connectivity index (χ2n) is 5.48. The monoisotopic (exact) mass is 262 g/mol. The van der Waals surface area contributed by atoms with E-state index in [1.165, 1.54) is 31.0 Å². The lowest BCUT2D eigenvalue weighted by Gasteiger charge is -2.29. The molecule has 2 heterocycles. The van der Waals surface area contributed by atoms with E-state index in [0.717, 1.165) is 12.8 Å². The van der Waals surface area contributed by atoms with Crippen LogP contribution < -0.4 is 10.6 Å². The number of phenols is 2. The minimum atomic E-state index is -0.266. The van der Waals surface area contributed by atoms with Crippen LogP contribution in [-0.2, 0) is 0 Å². The van der Waals surface area contributed by atoms with E-state index in [0.29, 0.717) is 17.6 Å². The fraction of sp³-hybridized carbons (Fsp3) is 0.500. The summed E-state index contributed by atoms with van der Waals surface area (Å²) < 4.78 is 0. The minimum absolute atomic E-state index is 0.193. The first-order valence-corrected chi connectivity index (χ1v) is 6.70. The van der Waals surface area contributed by atoms with Crippen LogP contribution in [0.3, 0.4) is 0 Å². The number of amides is 1. The molecule has 3 rings (SSSR count). The molecule has 2 saturated heterocycles. The first-order chi connectivity index (χ1) is 9.11. The summed E-state index contributed by atoms with van der Waals surface area (Å²) >= 11 is 0. The number of fused-ring (bicyclic) bond motifs is 2. The lowest BCUT2D eigenvalue weighted by molar-refractivity contribution is 0.0923. The Morgan fingerprint density at radius 1 is 1.16 bits per heavy atom. The van der Waals surface area contributed by atoms with Crippen molar-refractivity contribution in [2.75, 3.05) is 0 Å². The van der Waals surface area contributed by atoms with Crippen molar-refractivity contribution in [3.8, 4) is 11.5 Å². The van der Waals surface area contributed by atoms with Gasteiger partial charge in [0.2, 0.25) is 0 Å². The molecule has 1 aromatic rings. The van der Waals surface area contributed by atoms with Gasteiger partial charge in [-0.2, -0.15) is 0 Å². The first-order valence-electron chi connectivity index (χ1n) is 6.70. The second-order valence-corrected chi connectivity index (χ2v) is 5.48. The van der Waals surface area contributed by atoms with E-state index in [-0.39, 0.29) is 23.4 Å². The molecule has 0 saturated carbocycles. The van der Waals surface area contributed by atoms with E-state index in [1.807, 2.05) is 0 Å². The zero-order valence-electron chi connectivity index (χ0n) is 10.6. The number of aromatic hydroxyl groups is 2. The molecule has 102 valence electrons. The zero-order chi connectivity index (χ0) is 13.4. The molecule has 1 amide bonds. The van der Waals surface area contributed by atoms with Gasteiger partial charge in [0.05, 0.1) is 0 Å². The smallest absolute Gasteiger partial charge is 0.251 e. The third-order valence-corrected chi connectivity index (χ3v) is 4.05. The predicted octanol–water partition coefficient (Wildman–Crippen LogP) is 1.11. The second kappa shape index (κ2) is 4.74. The van der Waals surface area contributed by atoms with Gasteiger partial charge < -0.3 is 20.8 Å². The highest BCUT2D eigenvalue weighted by molar-refractivity contribution is 5.95. The molecule has 2 bridgehead atoms. The van der Waals surface area contributed by atoms with Gasteiger partial charge in [0.15, 0.2) is 11.5 Å². The summed E-state index contributed by atoms with van der Waals surface area (Å²) in [4.78, 5) is 12.1. The lowest BCUT2D eigenvalue weighted by Crippen LogP contribution is -2.48. The number of hydrogen-bond donors (Lipinski definition) is 4. The van der Waals surface area contributed by atoms with E-state index in [9.17, 15) is 15.0 Å². The van der Waals surface area contributed by atoms with Gasteiger partial charge in [-0.3, -0.25) is 4.79 Å². The standard InChI is InChI=1S/C14H18N2O3/c17-12-4-1-8(5-13(12)18)14(19)16-11-6-9-2-3-10(7-11)15-9/h1,4-5,9-11,15,17-18H,2-3,6-7H2,(H,16,19). The Labute approximate surface area is 111 Å². The Morgan fingerprint density at radius 3 is 2.47 bits per heavy atom. The van der Waals surface area contributed by atoms with Crippen LogP contribution >= 0.6 is 0 Å². The fourth-order valence-electron chi connectivity index (χ4n) is 3.11. The van der Waals surface area contributed by atoms with Crippen molar-refractivity contribution in [3.05, 3.63) is 23.8 Å². The molecule has 0 aliphatic carbocycles. The van der Waals surface area contributed by atoms with E-state index in [4.69, 9.17) is 0 Å². The van der Waals surface area contributed by atoms with Gasteiger partial charge in [-0.15, -0.1) is 0 Å². The van der Waals surface area contributed by atoms with Crippen LogP contribution in [0.4, 0.5) is 0 Å². The highest BCUT2D eigenvalue weighted by Crippen LogP contribution is 2.28. The molecular formula is C14H18N2O3. The van der Waals surface area contributed by atoms with Gasteiger partial charge >= 0.3 is 0 Å². The fourth-order valence-corrected chi connectivity index (χ4v) is 3.11. The summed E-state index contributed by atoms with van der Waals surface area (Å²) in [5, 5.41) is 25.2. The van der Waals surface area contributed by atoms with Gasteiger partial charge in [-0.05, 0) is 43.9 Å². The van der Waals surface area contributed by atoms with Crippen LogP contribution in [0, 0.1) is 0 Å². The number of benzene rings is 1. The van der Waals surface area contributed by atoms with Gasteiger partial charge in [0, 0.05) is 23.7 Å². The van der Waals surface area contributed by atoms with E-state index in [1.54, 1.807) is 0 Å². The van der Waals surface area contributed by atoms with Gasteiger partial charge in [0.1, 0.15) is 0 Å². The van der Waals surface area contributed by atoms with Crippen LogP contribution in [0.2, 0.25) is 0 Å². The molecule has 2 unspecified atom stereocenters. The van der Waals surface area contributed by atoms with Gasteiger partial charge in [0.25, 0.3) is 5.91 Å². The average Bonchev–Trinajstić information content (AvgIpc) is 2.72. The van der Waals surface area contributed by atoms with Crippen LogP contribution in [-0.4, -0.2) is 34.2 Å². The van der Waals surface area contributed by atoms with Gasteiger partial charge in [-0.25, -0.2) is 0 Å². The van der Waals surface area contributed by atoms with Crippen LogP contribution in [0.1, 0.15) is 36.0 Å². The molecule has 0 radical (unpaired) electrons. The summed E-state index contributed by atoms with van der Waals surface area (Å²) in [6.07, 6.45) is 4.31. The summed E-state index contributed by atoms with van der Waals surface area (Å²) in [7, 11) is 0. The Balaban J connectivity index is 1.66. The van der Waals surface area contributed by atoms with Crippen molar-refractivity contribution in [3.63, 3.8) is 0 Å². The van der Waals surface area contributed by atoms with Crippen LogP contribution in [0.25, 0.3) is 0 Å². The van der Waals surface area contributed by atoms with Crippen LogP contribution in [0.5, 0.6) is 11.5 Å². The number of hydrogen-bond acceptors (Lipinski definition) is 4. The average molecular weight is 262 g/mol. The SMILES string of the molecule is O=C(NC1CC2CCC(C1)N2)c1ccc(O)c(O)c1. The molecule has 5 nitrogen and oxygen atoms in total. The third-order valence-electron chi connectivity index (χ3n) is 4.05. The van der Waals surface area contributed by atoms with Crippen molar-refractivity contribution in [2.24, 2.45) is 0 Å². The summed E-state index contributed by atoms with van der Waals surface area (Å²) in [5.74, 6) is -0.670. The Morgan fingerprint density at radius 2 is 1.84 bits per heavy atom. The summed E-state index contributed by atoms with van der Waals surface area (Å²) in [6.45, 7) is 0. The summed E-state index contributed by atoms with van der Waals surface area (Å²) in [5.41, 5.74) is 0.376. The lowest BCUT2D eigenvalue weighted by atomic mass is 9.99. The molecular weight excluding hydrogens is 244 g/mol. The zero-order valence-corrected chi connectivity index (χ0v) is 10.6. The molecule has 0 spiro atoms. The maximum absolute atomic E-state index is 12.1. The van der Waals surface area contributed by atoms with Crippen molar-refractivity contribution in [1.82, 2.24) is 10.6 Å². The van der Waals surface area contributed by atoms with E-state index < -0.39 is 0 Å². The van der Waals surface area contributed by atoms with Crippen molar-refractivity contribution >= 4 is 5.91 Å². The number of phenolic OH excluding ortho intramolecular Hbond substituents is 2. The van der Waals surface area contributed by atoms with Crippen LogP contribution in [0.15, 0.2) is 18.2 Å². The number of carbonyl (C=O) groups excluding carboxylic acids is 1. The number of piperidine rings is 1. The van der Waals surface area contributed by atoms with Crippen molar-refractivity contribution in [2.45, 2.75) is 43.8 Å². The molecule has 5 heteroatoms. The van der Waals surface area contributed by atoms with E-state index >= 15 is 0 Å². The Hall–Kier alpha value is -1.75. The predicted molar refractivity (Wildman–Crippen MR) is 70.2 cm³/mol. The normalized spacial score (nSPS) is 29.2. The van der Waals surface area contributed by atoms with Crippen molar-refractivity contribution in [1.29, 1.82) is 0 Å². The third kappa shape index (κ3) is 2.51. The topological polar surface area (TPSA) is 81.6 Å². The highest BCUT2D eigenvalue weighted by Gasteiger charge is 2.34. The first kappa shape index (κ1) is 12.3. The molecule has 2 atom stereocenters. The Bertz CT molecular complexity index is 491. The minimum Gasteiger partial charge on any atom is -0.504 e. The molecule has 2 fully saturated rings. The largest absolute Gasteiger partial charge is 0.504 e. The highest BCUT2D eigenvalue weighted by atomic mass is 16.3. The number of nitrogens with one attached hydrogen (secondary N) is 2. The summed E-state index contributed by atoms with van der Waals surface area (Å²) in [6, 6.07) is 5.38. The molecule has 19 heavy (non-hydrogen) atoms. The maximum atomic E-state index is 12.1.